The van der Waals surface area contributed by atoms with Crippen molar-refractivity contribution in [1.29, 1.82) is 0 Å². The van der Waals surface area contributed by atoms with Crippen molar-refractivity contribution >= 4 is 12.0 Å². The van der Waals surface area contributed by atoms with Crippen molar-refractivity contribution in [3.8, 4) is 11.5 Å². The summed E-state index contributed by atoms with van der Waals surface area (Å²) < 4.78 is 5.15. The van der Waals surface area contributed by atoms with Gasteiger partial charge in [0.15, 0.2) is 0 Å². The number of unbranched alkanes of at least 4 members (excludes halogenated alkanes) is 1. The summed E-state index contributed by atoms with van der Waals surface area (Å²) in [7, 11) is 0. The van der Waals surface area contributed by atoms with Gasteiger partial charge in [0.05, 0.1) is 5.56 Å². The zero-order valence-corrected chi connectivity index (χ0v) is 9.40. The molecule has 0 fully saturated rings. The highest BCUT2D eigenvalue weighted by atomic mass is 16.5. The summed E-state index contributed by atoms with van der Waals surface area (Å²) in [4.78, 5) is 11.4. The Hall–Kier alpha value is -1.77. The first kappa shape index (κ1) is 12.3. The Labute approximate surface area is 95.4 Å². The van der Waals surface area contributed by atoms with Crippen LogP contribution in [0.2, 0.25) is 0 Å². The average Bonchev–Trinajstić information content (AvgIpc) is 2.27. The van der Waals surface area contributed by atoms with Gasteiger partial charge >= 0.3 is 5.97 Å². The van der Waals surface area contributed by atoms with Gasteiger partial charge < -0.3 is 9.84 Å². The Morgan fingerprint density at radius 2 is 2.31 bits per heavy atom. The monoisotopic (exact) mass is 220 g/mol. The van der Waals surface area contributed by atoms with Crippen molar-refractivity contribution in [2.75, 3.05) is 0 Å². The minimum absolute atomic E-state index is 0.0655. The fraction of sp³-hybridized carbons (Fsp3) is 0.308. The first-order chi connectivity index (χ1) is 7.69. The minimum Gasteiger partial charge on any atom is -0.507 e. The Balaban J connectivity index is 2.77. The molecule has 1 aromatic rings. The predicted molar refractivity (Wildman–Crippen MR) is 63.4 cm³/mol. The minimum atomic E-state index is -0.282. The van der Waals surface area contributed by atoms with Crippen LogP contribution < -0.4 is 4.74 Å². The van der Waals surface area contributed by atoms with Crippen LogP contribution in [0.15, 0.2) is 24.8 Å². The van der Waals surface area contributed by atoms with Gasteiger partial charge in [-0.2, -0.15) is 0 Å². The molecule has 0 spiro atoms. The quantitative estimate of drug-likeness (QED) is 0.612. The summed E-state index contributed by atoms with van der Waals surface area (Å²) in [5.74, 6) is 0.141. The van der Waals surface area contributed by atoms with Gasteiger partial charge in [0.25, 0.3) is 0 Å². The first-order valence-electron chi connectivity index (χ1n) is 5.34. The Bertz CT molecular complexity index is 383. The number of benzene rings is 1. The average molecular weight is 220 g/mol. The summed E-state index contributed by atoms with van der Waals surface area (Å²) in [6.07, 6.45) is 3.62. The van der Waals surface area contributed by atoms with Crippen molar-refractivity contribution in [3.63, 3.8) is 0 Å². The molecule has 1 aromatic carbocycles. The molecule has 0 radical (unpaired) electrons. The zero-order chi connectivity index (χ0) is 12.0. The lowest BCUT2D eigenvalue weighted by Crippen LogP contribution is -2.08. The lowest BCUT2D eigenvalue weighted by atomic mass is 10.2. The molecule has 0 saturated carbocycles. The van der Waals surface area contributed by atoms with Gasteiger partial charge in [0.1, 0.15) is 11.5 Å². The number of hydrogen-bond donors (Lipinski definition) is 1. The van der Waals surface area contributed by atoms with Crippen LogP contribution >= 0.6 is 0 Å². The number of carbonyl (C=O) groups is 1. The van der Waals surface area contributed by atoms with Crippen LogP contribution in [-0.4, -0.2) is 11.1 Å². The number of rotatable bonds is 5. The smallest absolute Gasteiger partial charge is 0.311 e. The second kappa shape index (κ2) is 5.95. The third kappa shape index (κ3) is 3.12. The molecule has 0 heterocycles. The van der Waals surface area contributed by atoms with E-state index in [1.807, 2.05) is 6.92 Å². The molecule has 0 saturated heterocycles. The highest BCUT2D eigenvalue weighted by Gasteiger charge is 2.09. The van der Waals surface area contributed by atoms with Crippen molar-refractivity contribution < 1.29 is 14.6 Å². The molecular weight excluding hydrogens is 204 g/mol. The number of aromatic hydroxyl groups is 1. The van der Waals surface area contributed by atoms with Crippen LogP contribution in [0.4, 0.5) is 0 Å². The molecule has 0 aliphatic rings. The van der Waals surface area contributed by atoms with Crippen LogP contribution in [0.25, 0.3) is 6.08 Å². The first-order valence-corrected chi connectivity index (χ1v) is 5.34. The normalized spacial score (nSPS) is 9.81. The maximum atomic E-state index is 11.4. The molecule has 0 bridgehead atoms. The summed E-state index contributed by atoms with van der Waals surface area (Å²) in [5, 5.41) is 9.52. The second-order valence-electron chi connectivity index (χ2n) is 3.47. The van der Waals surface area contributed by atoms with Gasteiger partial charge in [-0.1, -0.05) is 32.1 Å². The van der Waals surface area contributed by atoms with Crippen LogP contribution in [0.5, 0.6) is 11.5 Å². The maximum Gasteiger partial charge on any atom is 0.311 e. The van der Waals surface area contributed by atoms with E-state index in [9.17, 15) is 9.90 Å². The van der Waals surface area contributed by atoms with Gasteiger partial charge in [0.2, 0.25) is 0 Å². The number of esters is 1. The van der Waals surface area contributed by atoms with Crippen LogP contribution in [-0.2, 0) is 4.79 Å². The number of phenolic OH excluding ortho intramolecular Hbond substituents is 1. The highest BCUT2D eigenvalue weighted by Crippen LogP contribution is 2.28. The fourth-order valence-corrected chi connectivity index (χ4v) is 1.32. The highest BCUT2D eigenvalue weighted by molar-refractivity contribution is 5.75. The summed E-state index contributed by atoms with van der Waals surface area (Å²) in [5.41, 5.74) is 0.451. The number of carbonyl (C=O) groups excluding carboxylic acids is 1. The summed E-state index contributed by atoms with van der Waals surface area (Å²) in [6, 6.07) is 4.80. The van der Waals surface area contributed by atoms with Gasteiger partial charge in [0, 0.05) is 6.42 Å². The zero-order valence-electron chi connectivity index (χ0n) is 9.40. The summed E-state index contributed by atoms with van der Waals surface area (Å²) >= 11 is 0. The molecule has 0 unspecified atom stereocenters. The van der Waals surface area contributed by atoms with E-state index >= 15 is 0 Å². The SMILES string of the molecule is C=Cc1c(O)cccc1OC(=O)CCCC. The Morgan fingerprint density at radius 3 is 2.94 bits per heavy atom. The van der Waals surface area contributed by atoms with Crippen LogP contribution in [0.3, 0.4) is 0 Å². The van der Waals surface area contributed by atoms with Crippen LogP contribution in [0.1, 0.15) is 31.7 Å². The fourth-order valence-electron chi connectivity index (χ4n) is 1.32. The van der Waals surface area contributed by atoms with Crippen molar-refractivity contribution in [1.82, 2.24) is 0 Å². The largest absolute Gasteiger partial charge is 0.507 e. The second-order valence-corrected chi connectivity index (χ2v) is 3.47. The molecule has 0 aliphatic carbocycles. The molecule has 3 nitrogen and oxygen atoms in total. The predicted octanol–water partition coefficient (Wildman–Crippen LogP) is 3.13. The van der Waals surface area contributed by atoms with E-state index in [0.717, 1.165) is 12.8 Å². The van der Waals surface area contributed by atoms with E-state index in [1.54, 1.807) is 12.1 Å². The van der Waals surface area contributed by atoms with Gasteiger partial charge in [-0.3, -0.25) is 4.79 Å². The van der Waals surface area contributed by atoms with Gasteiger partial charge in [-0.25, -0.2) is 0 Å². The summed E-state index contributed by atoms with van der Waals surface area (Å²) in [6.45, 7) is 5.58. The van der Waals surface area contributed by atoms with Gasteiger partial charge in [-0.15, -0.1) is 0 Å². The van der Waals surface area contributed by atoms with Crippen LogP contribution in [0, 0.1) is 0 Å². The Morgan fingerprint density at radius 1 is 1.56 bits per heavy atom. The molecule has 3 heteroatoms. The molecule has 0 aromatic heterocycles. The van der Waals surface area contributed by atoms with E-state index in [2.05, 4.69) is 6.58 Å². The lowest BCUT2D eigenvalue weighted by Gasteiger charge is -2.08. The lowest BCUT2D eigenvalue weighted by molar-refractivity contribution is -0.134. The van der Waals surface area contributed by atoms with E-state index in [4.69, 9.17) is 4.74 Å². The Kier molecular flexibility index (Phi) is 4.58. The van der Waals surface area contributed by atoms with Crippen molar-refractivity contribution in [3.05, 3.63) is 30.3 Å². The molecule has 0 atom stereocenters. The molecule has 0 amide bonds. The van der Waals surface area contributed by atoms with Crippen molar-refractivity contribution in [2.24, 2.45) is 0 Å². The van der Waals surface area contributed by atoms with Gasteiger partial charge in [-0.05, 0) is 18.6 Å². The van der Waals surface area contributed by atoms with E-state index in [1.165, 1.54) is 12.1 Å². The van der Waals surface area contributed by atoms with E-state index in [-0.39, 0.29) is 11.7 Å². The molecule has 86 valence electrons. The van der Waals surface area contributed by atoms with E-state index < -0.39 is 0 Å². The topological polar surface area (TPSA) is 46.5 Å². The number of phenols is 1. The third-order valence-corrected chi connectivity index (χ3v) is 2.21. The molecular formula is C13H16O3. The van der Waals surface area contributed by atoms with E-state index in [0.29, 0.717) is 17.7 Å². The number of ether oxygens (including phenoxy) is 1. The standard InChI is InChI=1S/C13H16O3/c1-3-5-9-13(15)16-12-8-6-7-11(14)10(12)4-2/h4,6-8,14H,2-3,5,9H2,1H3. The molecule has 1 N–H and O–H groups in total. The van der Waals surface area contributed by atoms with Crippen molar-refractivity contribution in [2.45, 2.75) is 26.2 Å². The third-order valence-electron chi connectivity index (χ3n) is 2.21. The number of hydrogen-bond acceptors (Lipinski definition) is 3. The molecule has 0 aliphatic heterocycles. The molecule has 16 heavy (non-hydrogen) atoms. The maximum absolute atomic E-state index is 11.4. The molecule has 1 rings (SSSR count).